The van der Waals surface area contributed by atoms with E-state index in [1.807, 2.05) is 43.5 Å². The number of aromatic nitrogens is 2. The van der Waals surface area contributed by atoms with Crippen molar-refractivity contribution in [2.75, 3.05) is 43.9 Å². The summed E-state index contributed by atoms with van der Waals surface area (Å²) in [6.45, 7) is 5.01. The minimum atomic E-state index is -0.404. The monoisotopic (exact) mass is 660 g/mol. The van der Waals surface area contributed by atoms with Gasteiger partial charge in [-0.3, -0.25) is 19.7 Å². The number of Topliss-reactive ketones (excluding diaryl/α,β-unsaturated/α-hetero) is 1. The third-order valence-corrected chi connectivity index (χ3v) is 10.4. The summed E-state index contributed by atoms with van der Waals surface area (Å²) in [7, 11) is 2.21. The molecule has 2 aliphatic rings. The summed E-state index contributed by atoms with van der Waals surface area (Å²) in [5, 5.41) is 9.73. The number of carbonyl (C=O) groups is 2. The number of hydrogen-bond donors (Lipinski definition) is 4. The molecule has 12 heteroatoms. The zero-order valence-corrected chi connectivity index (χ0v) is 27.9. The van der Waals surface area contributed by atoms with Gasteiger partial charge in [0, 0.05) is 76.1 Å². The topological polar surface area (TPSA) is 118 Å². The van der Waals surface area contributed by atoms with Gasteiger partial charge in [0.05, 0.1) is 12.9 Å². The van der Waals surface area contributed by atoms with Crippen LogP contribution in [0.15, 0.2) is 53.8 Å². The van der Waals surface area contributed by atoms with E-state index in [2.05, 4.69) is 48.8 Å². The molecule has 0 bridgehead atoms. The van der Waals surface area contributed by atoms with Gasteiger partial charge in [-0.1, -0.05) is 24.1 Å². The standard InChI is InChI=1S/C34H41ClN8O2S/c1-22-26(10-6-14-36-22)30-28-18-23(11-12-29(28)46-31(30)35)41-34(45)38-19-25(44)9-4-3-5-16-42(2)24-8-7-17-43(20-24)33-27-13-15-37-32(27)39-21-40-33/h6,10-15,18,21,24,33,37H,3-5,7-9,16-17,19-20H2,1-2H3,(H,39,40)(H2,38,41,45). The van der Waals surface area contributed by atoms with Gasteiger partial charge >= 0.3 is 6.03 Å². The van der Waals surface area contributed by atoms with Crippen molar-refractivity contribution >= 4 is 62.7 Å². The smallest absolute Gasteiger partial charge is 0.319 e. The second-order valence-electron chi connectivity index (χ2n) is 12.1. The average molecular weight is 661 g/mol. The van der Waals surface area contributed by atoms with Crippen LogP contribution in [0.5, 0.6) is 0 Å². The van der Waals surface area contributed by atoms with Crippen LogP contribution in [-0.2, 0) is 4.79 Å². The molecule has 4 N–H and O–H groups in total. The van der Waals surface area contributed by atoms with Crippen molar-refractivity contribution in [1.29, 1.82) is 0 Å². The Hall–Kier alpha value is -3.77. The summed E-state index contributed by atoms with van der Waals surface area (Å²) in [5.41, 5.74) is 4.62. The number of thiophene rings is 1. The number of likely N-dealkylation sites (tertiary alicyclic amines) is 1. The van der Waals surface area contributed by atoms with Crippen LogP contribution in [0.3, 0.4) is 0 Å². The second kappa shape index (κ2) is 14.8. The molecule has 0 radical (unpaired) electrons. The molecular weight excluding hydrogens is 620 g/mol. The van der Waals surface area contributed by atoms with E-state index in [-0.39, 0.29) is 18.5 Å². The van der Waals surface area contributed by atoms with Crippen molar-refractivity contribution in [3.63, 3.8) is 0 Å². The fourth-order valence-electron chi connectivity index (χ4n) is 6.46. The predicted molar refractivity (Wildman–Crippen MR) is 188 cm³/mol. The summed E-state index contributed by atoms with van der Waals surface area (Å²) in [6.07, 6.45) is 11.2. The fraction of sp³-hybridized carbons (Fsp3) is 0.412. The highest BCUT2D eigenvalue weighted by atomic mass is 35.5. The number of likely N-dealkylation sites (N-methyl/N-ethyl adjacent to an activating group) is 1. The molecule has 0 spiro atoms. The third kappa shape index (κ3) is 7.44. The van der Waals surface area contributed by atoms with E-state index in [1.54, 1.807) is 12.5 Å². The van der Waals surface area contributed by atoms with E-state index in [4.69, 9.17) is 16.6 Å². The Morgan fingerprint density at radius 3 is 2.96 bits per heavy atom. The van der Waals surface area contributed by atoms with Crippen molar-refractivity contribution in [2.24, 2.45) is 4.99 Å². The van der Waals surface area contributed by atoms with Gasteiger partial charge in [0.15, 0.2) is 5.78 Å². The van der Waals surface area contributed by atoms with E-state index in [0.717, 1.165) is 78.0 Å². The minimum absolute atomic E-state index is 0.0122. The van der Waals surface area contributed by atoms with Crippen molar-refractivity contribution in [3.05, 3.63) is 64.4 Å². The van der Waals surface area contributed by atoms with Crippen LogP contribution < -0.4 is 16.0 Å². The molecule has 46 heavy (non-hydrogen) atoms. The van der Waals surface area contributed by atoms with Crippen LogP contribution in [0.2, 0.25) is 4.34 Å². The molecule has 2 amide bonds. The predicted octanol–water partition coefficient (Wildman–Crippen LogP) is 7.05. The van der Waals surface area contributed by atoms with Gasteiger partial charge in [0.2, 0.25) is 0 Å². The lowest BCUT2D eigenvalue weighted by Crippen LogP contribution is -2.48. The number of H-pyrrole nitrogens is 1. The van der Waals surface area contributed by atoms with Crippen molar-refractivity contribution < 1.29 is 9.59 Å². The molecule has 1 fully saturated rings. The summed E-state index contributed by atoms with van der Waals surface area (Å²) in [4.78, 5) is 42.4. The molecule has 2 unspecified atom stereocenters. The molecule has 1 aromatic carbocycles. The third-order valence-electron chi connectivity index (χ3n) is 8.97. The number of anilines is 2. The molecule has 1 saturated heterocycles. The number of aromatic amines is 1. The number of benzene rings is 1. The van der Waals surface area contributed by atoms with E-state index in [1.165, 1.54) is 23.3 Å². The molecule has 0 aliphatic carbocycles. The molecule has 2 atom stereocenters. The Kier molecular flexibility index (Phi) is 10.3. The SMILES string of the molecule is Cc1ncccc1-c1c(Cl)sc2ccc(NC(=O)NCC(=O)CCCCCN(C)C3CCCN(C4N=CNc5[nH]ccc54)C3)cc12. The Morgan fingerprint density at radius 1 is 1.20 bits per heavy atom. The maximum absolute atomic E-state index is 12.6. The number of aliphatic imine (C=N–C) groups is 1. The molecule has 4 aromatic rings. The van der Waals surface area contributed by atoms with E-state index in [0.29, 0.717) is 22.5 Å². The molecule has 0 saturated carbocycles. The van der Waals surface area contributed by atoms with Gasteiger partial charge in [-0.05, 0) is 76.5 Å². The fourth-order valence-corrected chi connectivity index (χ4v) is 7.84. The lowest BCUT2D eigenvalue weighted by molar-refractivity contribution is -0.118. The molecule has 2 aliphatic heterocycles. The van der Waals surface area contributed by atoms with Gasteiger partial charge < -0.3 is 25.8 Å². The molecule has 242 valence electrons. The van der Waals surface area contributed by atoms with Gasteiger partial charge in [-0.25, -0.2) is 4.79 Å². The van der Waals surface area contributed by atoms with Crippen molar-refractivity contribution in [2.45, 2.75) is 57.7 Å². The van der Waals surface area contributed by atoms with Crippen LogP contribution in [0.4, 0.5) is 16.3 Å². The number of aryl methyl sites for hydroxylation is 1. The normalized spacial score (nSPS) is 18.0. The Balaban J connectivity index is 0.902. The number of hydrogen-bond acceptors (Lipinski definition) is 8. The number of urea groups is 1. The quantitative estimate of drug-likeness (QED) is 0.121. The molecule has 6 rings (SSSR count). The van der Waals surface area contributed by atoms with Gasteiger partial charge in [-0.15, -0.1) is 11.3 Å². The van der Waals surface area contributed by atoms with E-state index >= 15 is 0 Å². The van der Waals surface area contributed by atoms with Crippen LogP contribution in [-0.4, -0.2) is 77.2 Å². The van der Waals surface area contributed by atoms with Crippen LogP contribution in [0, 0.1) is 6.92 Å². The number of pyridine rings is 1. The van der Waals surface area contributed by atoms with Crippen LogP contribution in [0.25, 0.3) is 21.2 Å². The maximum Gasteiger partial charge on any atom is 0.319 e. The lowest BCUT2D eigenvalue weighted by Gasteiger charge is -2.40. The first-order chi connectivity index (χ1) is 22.4. The van der Waals surface area contributed by atoms with E-state index < -0.39 is 6.03 Å². The van der Waals surface area contributed by atoms with Crippen LogP contribution in [0.1, 0.15) is 55.9 Å². The molecule has 10 nitrogen and oxygen atoms in total. The number of piperidine rings is 1. The van der Waals surface area contributed by atoms with E-state index in [9.17, 15) is 9.59 Å². The highest BCUT2D eigenvalue weighted by Crippen LogP contribution is 2.43. The maximum atomic E-state index is 12.6. The number of halogens is 1. The Morgan fingerprint density at radius 2 is 2.09 bits per heavy atom. The number of unbranched alkanes of at least 4 members (excludes halogenated alkanes) is 2. The molecule has 5 heterocycles. The molecule has 3 aromatic heterocycles. The number of carbonyl (C=O) groups excluding carboxylic acids is 2. The Bertz CT molecular complexity index is 1720. The number of fused-ring (bicyclic) bond motifs is 2. The van der Waals surface area contributed by atoms with Gasteiger partial charge in [-0.2, -0.15) is 0 Å². The zero-order chi connectivity index (χ0) is 32.0. The van der Waals surface area contributed by atoms with Gasteiger partial charge in [0.25, 0.3) is 0 Å². The highest BCUT2D eigenvalue weighted by Gasteiger charge is 2.31. The highest BCUT2D eigenvalue weighted by molar-refractivity contribution is 7.23. The van der Waals surface area contributed by atoms with Crippen molar-refractivity contribution in [1.82, 2.24) is 25.1 Å². The lowest BCUT2D eigenvalue weighted by atomic mass is 10.0. The number of amides is 2. The number of nitrogens with zero attached hydrogens (tertiary/aromatic N) is 4. The number of nitrogens with one attached hydrogen (secondary N) is 4. The van der Waals surface area contributed by atoms with Crippen molar-refractivity contribution in [3.8, 4) is 11.1 Å². The Labute approximate surface area is 278 Å². The summed E-state index contributed by atoms with van der Waals surface area (Å²) < 4.78 is 1.71. The van der Waals surface area contributed by atoms with Crippen LogP contribution >= 0.6 is 22.9 Å². The largest absolute Gasteiger partial charge is 0.348 e. The van der Waals surface area contributed by atoms with Gasteiger partial charge in [0.1, 0.15) is 16.3 Å². The minimum Gasteiger partial charge on any atom is -0.348 e. The first-order valence-electron chi connectivity index (χ1n) is 16.0. The summed E-state index contributed by atoms with van der Waals surface area (Å²) in [6, 6.07) is 11.8. The first-order valence-corrected chi connectivity index (χ1v) is 17.2. The number of rotatable bonds is 12. The number of ketones is 1. The first kappa shape index (κ1) is 32.2. The molecular formula is C34H41ClN8O2S. The second-order valence-corrected chi connectivity index (χ2v) is 13.8. The summed E-state index contributed by atoms with van der Waals surface area (Å²) in [5.74, 6) is 1.07. The zero-order valence-electron chi connectivity index (χ0n) is 26.3. The average Bonchev–Trinajstić information content (AvgIpc) is 3.67. The summed E-state index contributed by atoms with van der Waals surface area (Å²) >= 11 is 8.11.